The van der Waals surface area contributed by atoms with Crippen LogP contribution in [0.4, 0.5) is 5.69 Å². The fourth-order valence-corrected chi connectivity index (χ4v) is 2.30. The minimum atomic E-state index is 0.983. The van der Waals surface area contributed by atoms with Crippen molar-refractivity contribution >= 4 is 17.4 Å². The highest BCUT2D eigenvalue weighted by atomic mass is 32.2. The molecule has 1 aliphatic heterocycles. The van der Waals surface area contributed by atoms with Crippen molar-refractivity contribution in [1.29, 1.82) is 0 Å². The van der Waals surface area contributed by atoms with Gasteiger partial charge in [-0.1, -0.05) is 18.2 Å². The van der Waals surface area contributed by atoms with Crippen molar-refractivity contribution in [2.75, 3.05) is 30.4 Å². The molecular weight excluding hydrogens is 204 g/mol. The quantitative estimate of drug-likeness (QED) is 0.746. The maximum Gasteiger partial charge on any atom is 0.0419 e. The number of rotatable bonds is 5. The molecule has 1 heterocycles. The molecule has 2 nitrogen and oxygen atoms in total. The Kier molecular flexibility index (Phi) is 3.92. The molecule has 3 heteroatoms. The number of hydrogen-bond donors (Lipinski definition) is 2. The predicted molar refractivity (Wildman–Crippen MR) is 68.7 cm³/mol. The van der Waals surface area contributed by atoms with Crippen LogP contribution in [-0.2, 0) is 13.0 Å². The summed E-state index contributed by atoms with van der Waals surface area (Å²) in [6.07, 6.45) is 3.32. The van der Waals surface area contributed by atoms with Crippen molar-refractivity contribution in [1.82, 2.24) is 5.32 Å². The third-order valence-electron chi connectivity index (χ3n) is 2.73. The number of thioether (sulfide) groups is 1. The number of anilines is 1. The minimum Gasteiger partial charge on any atom is -0.384 e. The van der Waals surface area contributed by atoms with Crippen molar-refractivity contribution in [3.63, 3.8) is 0 Å². The molecule has 2 N–H and O–H groups in total. The SMILES string of the molecule is CSCCNCc1cccc2c1NCC2. The maximum absolute atomic E-state index is 3.47. The summed E-state index contributed by atoms with van der Waals surface area (Å²) in [5.41, 5.74) is 4.25. The van der Waals surface area contributed by atoms with Crippen LogP contribution in [0.1, 0.15) is 11.1 Å². The van der Waals surface area contributed by atoms with Gasteiger partial charge in [0.25, 0.3) is 0 Å². The number of para-hydroxylation sites is 1. The second-order valence-corrected chi connectivity index (χ2v) is 4.78. The molecule has 0 aromatic heterocycles. The summed E-state index contributed by atoms with van der Waals surface area (Å²) in [6, 6.07) is 6.60. The smallest absolute Gasteiger partial charge is 0.0419 e. The van der Waals surface area contributed by atoms with E-state index in [2.05, 4.69) is 35.1 Å². The van der Waals surface area contributed by atoms with Gasteiger partial charge in [0.1, 0.15) is 0 Å². The average Bonchev–Trinajstić information content (AvgIpc) is 2.73. The fraction of sp³-hybridized carbons (Fsp3) is 0.500. The van der Waals surface area contributed by atoms with Gasteiger partial charge in [-0.2, -0.15) is 11.8 Å². The Morgan fingerprint density at radius 1 is 1.47 bits per heavy atom. The molecule has 0 aliphatic carbocycles. The summed E-state index contributed by atoms with van der Waals surface area (Å²) in [6.45, 7) is 3.17. The predicted octanol–water partition coefficient (Wildman–Crippen LogP) is 2.11. The van der Waals surface area contributed by atoms with Gasteiger partial charge < -0.3 is 10.6 Å². The first-order valence-corrected chi connectivity index (χ1v) is 6.85. The van der Waals surface area contributed by atoms with Crippen LogP contribution in [0.2, 0.25) is 0 Å². The average molecular weight is 222 g/mol. The Balaban J connectivity index is 1.94. The Hall–Kier alpha value is -0.670. The van der Waals surface area contributed by atoms with Crippen LogP contribution < -0.4 is 10.6 Å². The lowest BCUT2D eigenvalue weighted by Gasteiger charge is -2.09. The summed E-state index contributed by atoms with van der Waals surface area (Å²) in [5.74, 6) is 1.18. The van der Waals surface area contributed by atoms with Crippen LogP contribution in [0.15, 0.2) is 18.2 Å². The van der Waals surface area contributed by atoms with E-state index in [1.165, 1.54) is 29.0 Å². The zero-order chi connectivity index (χ0) is 10.5. The lowest BCUT2D eigenvalue weighted by molar-refractivity contribution is 0.733. The molecular formula is C12H18N2S. The summed E-state index contributed by atoms with van der Waals surface area (Å²) in [5, 5.41) is 6.94. The molecule has 0 fully saturated rings. The van der Waals surface area contributed by atoms with Gasteiger partial charge in [-0.3, -0.25) is 0 Å². The normalized spacial score (nSPS) is 13.7. The van der Waals surface area contributed by atoms with E-state index in [0.29, 0.717) is 0 Å². The summed E-state index contributed by atoms with van der Waals surface area (Å²) >= 11 is 1.88. The van der Waals surface area contributed by atoms with E-state index >= 15 is 0 Å². The molecule has 2 rings (SSSR count). The molecule has 1 aromatic carbocycles. The van der Waals surface area contributed by atoms with Crippen LogP contribution in [-0.4, -0.2) is 25.1 Å². The number of fused-ring (bicyclic) bond motifs is 1. The largest absolute Gasteiger partial charge is 0.384 e. The third kappa shape index (κ3) is 2.67. The number of nitrogens with one attached hydrogen (secondary N) is 2. The number of hydrogen-bond acceptors (Lipinski definition) is 3. The maximum atomic E-state index is 3.47. The third-order valence-corrected chi connectivity index (χ3v) is 3.34. The molecule has 0 bridgehead atoms. The van der Waals surface area contributed by atoms with Crippen molar-refractivity contribution in [2.24, 2.45) is 0 Å². The Morgan fingerprint density at radius 3 is 3.27 bits per heavy atom. The van der Waals surface area contributed by atoms with Gasteiger partial charge >= 0.3 is 0 Å². The zero-order valence-electron chi connectivity index (χ0n) is 9.18. The van der Waals surface area contributed by atoms with E-state index in [1.807, 2.05) is 11.8 Å². The molecule has 0 spiro atoms. The second-order valence-electron chi connectivity index (χ2n) is 3.80. The van der Waals surface area contributed by atoms with Crippen LogP contribution in [0.3, 0.4) is 0 Å². The molecule has 0 saturated heterocycles. The Bertz CT molecular complexity index is 325. The van der Waals surface area contributed by atoms with E-state index in [-0.39, 0.29) is 0 Å². The highest BCUT2D eigenvalue weighted by Gasteiger charge is 2.12. The van der Waals surface area contributed by atoms with Crippen molar-refractivity contribution < 1.29 is 0 Å². The Morgan fingerprint density at radius 2 is 2.40 bits per heavy atom. The second kappa shape index (κ2) is 5.42. The Labute approximate surface area is 95.8 Å². The van der Waals surface area contributed by atoms with E-state index in [9.17, 15) is 0 Å². The van der Waals surface area contributed by atoms with Crippen LogP contribution in [0, 0.1) is 0 Å². The first kappa shape index (κ1) is 10.8. The van der Waals surface area contributed by atoms with E-state index < -0.39 is 0 Å². The highest BCUT2D eigenvalue weighted by Crippen LogP contribution is 2.25. The molecule has 0 radical (unpaired) electrons. The lowest BCUT2D eigenvalue weighted by atomic mass is 10.1. The first-order valence-electron chi connectivity index (χ1n) is 5.46. The zero-order valence-corrected chi connectivity index (χ0v) is 9.99. The van der Waals surface area contributed by atoms with Gasteiger partial charge in [-0.15, -0.1) is 0 Å². The van der Waals surface area contributed by atoms with E-state index in [0.717, 1.165) is 19.6 Å². The molecule has 0 unspecified atom stereocenters. The van der Waals surface area contributed by atoms with Crippen molar-refractivity contribution in [2.45, 2.75) is 13.0 Å². The first-order chi connectivity index (χ1) is 7.42. The van der Waals surface area contributed by atoms with Gasteiger partial charge in [-0.05, 0) is 23.8 Å². The standard InChI is InChI=1S/C12H18N2S/c1-15-8-7-13-9-11-4-2-3-10-5-6-14-12(10)11/h2-4,13-14H,5-9H2,1H3. The van der Waals surface area contributed by atoms with Gasteiger partial charge in [-0.25, -0.2) is 0 Å². The topological polar surface area (TPSA) is 24.1 Å². The van der Waals surface area contributed by atoms with Gasteiger partial charge in [0, 0.05) is 31.1 Å². The van der Waals surface area contributed by atoms with E-state index in [1.54, 1.807) is 0 Å². The van der Waals surface area contributed by atoms with Crippen molar-refractivity contribution in [3.8, 4) is 0 Å². The van der Waals surface area contributed by atoms with Crippen LogP contribution in [0.5, 0.6) is 0 Å². The number of benzene rings is 1. The van der Waals surface area contributed by atoms with Crippen LogP contribution >= 0.6 is 11.8 Å². The summed E-state index contributed by atoms with van der Waals surface area (Å²) < 4.78 is 0. The molecule has 0 amide bonds. The van der Waals surface area contributed by atoms with Crippen molar-refractivity contribution in [3.05, 3.63) is 29.3 Å². The molecule has 0 atom stereocenters. The molecule has 1 aliphatic rings. The van der Waals surface area contributed by atoms with Gasteiger partial charge in [0.05, 0.1) is 0 Å². The summed E-state index contributed by atoms with van der Waals surface area (Å²) in [4.78, 5) is 0. The van der Waals surface area contributed by atoms with Gasteiger partial charge in [0.15, 0.2) is 0 Å². The molecule has 1 aromatic rings. The lowest BCUT2D eigenvalue weighted by Crippen LogP contribution is -2.17. The fourth-order valence-electron chi connectivity index (χ4n) is 1.96. The molecule has 15 heavy (non-hydrogen) atoms. The monoisotopic (exact) mass is 222 g/mol. The highest BCUT2D eigenvalue weighted by molar-refractivity contribution is 7.98. The van der Waals surface area contributed by atoms with Crippen LogP contribution in [0.25, 0.3) is 0 Å². The molecule has 82 valence electrons. The molecule has 0 saturated carbocycles. The minimum absolute atomic E-state index is 0.983. The van der Waals surface area contributed by atoms with E-state index in [4.69, 9.17) is 0 Å². The van der Waals surface area contributed by atoms with Gasteiger partial charge in [0.2, 0.25) is 0 Å². The summed E-state index contributed by atoms with van der Waals surface area (Å²) in [7, 11) is 0.